The number of fused-ring (bicyclic) bond motifs is 2. The van der Waals surface area contributed by atoms with Crippen LogP contribution in [0.2, 0.25) is 0 Å². The van der Waals surface area contributed by atoms with Crippen LogP contribution in [0, 0.1) is 6.92 Å². The van der Waals surface area contributed by atoms with Crippen molar-refractivity contribution in [1.29, 1.82) is 0 Å². The zero-order valence-corrected chi connectivity index (χ0v) is 19.2. The monoisotopic (exact) mass is 469 g/mol. The average molecular weight is 470 g/mol. The van der Waals surface area contributed by atoms with Gasteiger partial charge in [0.05, 0.1) is 34.5 Å². The smallest absolute Gasteiger partial charge is 0.280 e. The fourth-order valence-electron chi connectivity index (χ4n) is 3.42. The maximum atomic E-state index is 13.4. The normalized spacial score (nSPS) is 11.4. The summed E-state index contributed by atoms with van der Waals surface area (Å²) < 4.78 is 11.7. The molecule has 2 heterocycles. The summed E-state index contributed by atoms with van der Waals surface area (Å²) in [7, 11) is 1.59. The van der Waals surface area contributed by atoms with Crippen molar-refractivity contribution in [3.8, 4) is 5.75 Å². The summed E-state index contributed by atoms with van der Waals surface area (Å²) in [6.45, 7) is 1.95. The molecule has 5 rings (SSSR count). The van der Waals surface area contributed by atoms with Crippen LogP contribution in [-0.2, 0) is 0 Å². The Kier molecular flexibility index (Phi) is 5.65. The summed E-state index contributed by atoms with van der Waals surface area (Å²) in [6, 6.07) is 19.6. The van der Waals surface area contributed by atoms with E-state index in [1.54, 1.807) is 43.5 Å². The first-order valence-electron chi connectivity index (χ1n) is 10.4. The van der Waals surface area contributed by atoms with Gasteiger partial charge in [-0.15, -0.1) is 0 Å². The van der Waals surface area contributed by atoms with Gasteiger partial charge in [0.2, 0.25) is 10.6 Å². The maximum absolute atomic E-state index is 13.4. The molecular formula is C26H19N3O4S. The molecule has 0 aliphatic carbocycles. The lowest BCUT2D eigenvalue weighted by Crippen LogP contribution is -2.26. The second-order valence-electron chi connectivity index (χ2n) is 7.57. The van der Waals surface area contributed by atoms with Gasteiger partial charge in [-0.2, -0.15) is 10.1 Å². The molecule has 168 valence electrons. The largest absolute Gasteiger partial charge is 0.497 e. The lowest BCUT2D eigenvalue weighted by Gasteiger charge is -2.14. The van der Waals surface area contributed by atoms with Gasteiger partial charge < -0.3 is 9.15 Å². The summed E-state index contributed by atoms with van der Waals surface area (Å²) >= 11 is 1.30. The SMILES string of the molecule is COc1ccc2nc(N(/N=C/c3coc4ccccc4c3=O)C(=O)c3ccc(C)cc3)sc2c1. The highest BCUT2D eigenvalue weighted by Gasteiger charge is 2.21. The minimum absolute atomic E-state index is 0.225. The number of aryl methyl sites for hydroxylation is 1. The Bertz CT molecular complexity index is 1600. The number of anilines is 1. The molecule has 0 radical (unpaired) electrons. The van der Waals surface area contributed by atoms with Crippen molar-refractivity contribution in [2.24, 2.45) is 5.10 Å². The van der Waals surface area contributed by atoms with Crippen LogP contribution in [0.4, 0.5) is 5.13 Å². The molecule has 0 fully saturated rings. The molecule has 0 N–H and O–H groups in total. The third kappa shape index (κ3) is 4.06. The van der Waals surface area contributed by atoms with Crippen LogP contribution in [-0.4, -0.2) is 24.2 Å². The van der Waals surface area contributed by atoms with Gasteiger partial charge in [-0.25, -0.2) is 4.98 Å². The molecule has 0 saturated heterocycles. The molecule has 5 aromatic rings. The number of rotatable bonds is 5. The van der Waals surface area contributed by atoms with E-state index in [1.165, 1.54) is 28.8 Å². The number of methoxy groups -OCH3 is 1. The van der Waals surface area contributed by atoms with Crippen molar-refractivity contribution < 1.29 is 13.9 Å². The lowest BCUT2D eigenvalue weighted by molar-refractivity contribution is 0.0988. The summed E-state index contributed by atoms with van der Waals surface area (Å²) in [4.78, 5) is 30.9. The average Bonchev–Trinajstić information content (AvgIpc) is 3.28. The molecular weight excluding hydrogens is 450 g/mol. The van der Waals surface area contributed by atoms with Crippen LogP contribution < -0.4 is 15.2 Å². The molecule has 0 aliphatic rings. The Morgan fingerprint density at radius 2 is 1.91 bits per heavy atom. The van der Waals surface area contributed by atoms with Crippen molar-refractivity contribution >= 4 is 49.8 Å². The van der Waals surface area contributed by atoms with E-state index < -0.39 is 0 Å². The van der Waals surface area contributed by atoms with Gasteiger partial charge >= 0.3 is 0 Å². The van der Waals surface area contributed by atoms with Crippen LogP contribution in [0.25, 0.3) is 21.2 Å². The number of hydrazone groups is 1. The van der Waals surface area contributed by atoms with Crippen LogP contribution in [0.3, 0.4) is 0 Å². The standard InChI is InChI=1S/C26H19N3O4S/c1-16-7-9-17(10-8-16)25(31)29(26-28-21-12-11-19(32-2)13-23(21)34-26)27-14-18-15-33-22-6-4-3-5-20(22)24(18)30/h3-15H,1-2H3/b27-14+. The molecule has 2 aromatic heterocycles. The number of hydrogen-bond acceptors (Lipinski definition) is 7. The number of carbonyl (C=O) groups excluding carboxylic acids is 1. The Hall–Kier alpha value is -4.30. The minimum atomic E-state index is -0.368. The van der Waals surface area contributed by atoms with E-state index >= 15 is 0 Å². The number of hydrogen-bond donors (Lipinski definition) is 0. The van der Waals surface area contributed by atoms with E-state index in [0.29, 0.717) is 32.9 Å². The van der Waals surface area contributed by atoms with Crippen molar-refractivity contribution in [2.75, 3.05) is 12.1 Å². The highest BCUT2D eigenvalue weighted by Crippen LogP contribution is 2.32. The number of para-hydroxylation sites is 1. The minimum Gasteiger partial charge on any atom is -0.497 e. The first-order chi connectivity index (χ1) is 16.5. The molecule has 1 amide bonds. The quantitative estimate of drug-likeness (QED) is 0.254. The third-order valence-corrected chi connectivity index (χ3v) is 6.27. The van der Waals surface area contributed by atoms with Gasteiger partial charge in [0.15, 0.2) is 0 Å². The molecule has 0 spiro atoms. The molecule has 0 aliphatic heterocycles. The van der Waals surface area contributed by atoms with Crippen molar-refractivity contribution in [3.63, 3.8) is 0 Å². The number of aromatic nitrogens is 1. The Balaban J connectivity index is 1.59. The number of nitrogens with zero attached hydrogens (tertiary/aromatic N) is 3. The van der Waals surface area contributed by atoms with Gasteiger partial charge in [0.25, 0.3) is 5.91 Å². The predicted molar refractivity (Wildman–Crippen MR) is 134 cm³/mol. The fourth-order valence-corrected chi connectivity index (χ4v) is 4.37. The van der Waals surface area contributed by atoms with E-state index in [1.807, 2.05) is 37.3 Å². The number of thiazole rings is 1. The number of ether oxygens (including phenoxy) is 1. The molecule has 0 bridgehead atoms. The second kappa shape index (κ2) is 8.92. The number of amides is 1. The van der Waals surface area contributed by atoms with Crippen LogP contribution >= 0.6 is 11.3 Å². The Morgan fingerprint density at radius 1 is 1.12 bits per heavy atom. The number of benzene rings is 3. The molecule has 0 saturated carbocycles. The zero-order valence-electron chi connectivity index (χ0n) is 18.4. The van der Waals surface area contributed by atoms with Crippen molar-refractivity contribution in [1.82, 2.24) is 4.98 Å². The van der Waals surface area contributed by atoms with Gasteiger partial charge in [-0.1, -0.05) is 41.2 Å². The van der Waals surface area contributed by atoms with E-state index in [4.69, 9.17) is 9.15 Å². The van der Waals surface area contributed by atoms with Gasteiger partial charge in [0.1, 0.15) is 17.6 Å². The molecule has 8 heteroatoms. The molecule has 3 aromatic carbocycles. The second-order valence-corrected chi connectivity index (χ2v) is 8.58. The fraction of sp³-hybridized carbons (Fsp3) is 0.0769. The predicted octanol–water partition coefficient (Wildman–Crippen LogP) is 5.40. The van der Waals surface area contributed by atoms with Crippen molar-refractivity contribution in [2.45, 2.75) is 6.92 Å². The van der Waals surface area contributed by atoms with E-state index in [0.717, 1.165) is 10.3 Å². The molecule has 0 unspecified atom stereocenters. The van der Waals surface area contributed by atoms with Crippen LogP contribution in [0.15, 0.2) is 87.3 Å². The van der Waals surface area contributed by atoms with Gasteiger partial charge in [-0.3, -0.25) is 9.59 Å². The molecule has 7 nitrogen and oxygen atoms in total. The third-order valence-electron chi connectivity index (χ3n) is 5.28. The first-order valence-corrected chi connectivity index (χ1v) is 11.3. The Morgan fingerprint density at radius 3 is 2.71 bits per heavy atom. The van der Waals surface area contributed by atoms with E-state index in [2.05, 4.69) is 10.1 Å². The molecule has 34 heavy (non-hydrogen) atoms. The topological polar surface area (TPSA) is 85.0 Å². The summed E-state index contributed by atoms with van der Waals surface area (Å²) in [5.41, 5.74) is 2.67. The summed E-state index contributed by atoms with van der Waals surface area (Å²) in [6.07, 6.45) is 2.67. The number of carbonyl (C=O) groups is 1. The van der Waals surface area contributed by atoms with Crippen molar-refractivity contribution in [3.05, 3.63) is 99.9 Å². The summed E-state index contributed by atoms with van der Waals surface area (Å²) in [5, 5.41) is 6.40. The Labute approximate surface area is 198 Å². The van der Waals surface area contributed by atoms with E-state index in [-0.39, 0.29) is 16.9 Å². The van der Waals surface area contributed by atoms with Crippen LogP contribution in [0.5, 0.6) is 5.75 Å². The highest BCUT2D eigenvalue weighted by molar-refractivity contribution is 7.22. The van der Waals surface area contributed by atoms with Gasteiger partial charge in [0, 0.05) is 5.56 Å². The van der Waals surface area contributed by atoms with E-state index in [9.17, 15) is 9.59 Å². The first kappa shape index (κ1) is 21.5. The maximum Gasteiger partial charge on any atom is 0.280 e. The zero-order chi connectivity index (χ0) is 23.7. The highest BCUT2D eigenvalue weighted by atomic mass is 32.1. The van der Waals surface area contributed by atoms with Crippen LogP contribution in [0.1, 0.15) is 21.5 Å². The lowest BCUT2D eigenvalue weighted by atomic mass is 10.1. The molecule has 0 atom stereocenters. The summed E-state index contributed by atoms with van der Waals surface area (Å²) in [5.74, 6) is 0.323. The van der Waals surface area contributed by atoms with Gasteiger partial charge in [-0.05, 0) is 49.4 Å².